The number of unbranched alkanes of at least 4 members (excludes halogenated alkanes) is 6. The molecule has 0 bridgehead atoms. The number of aliphatic carboxylic acids is 1. The van der Waals surface area contributed by atoms with E-state index < -0.39 is 24.3 Å². The fourth-order valence-electron chi connectivity index (χ4n) is 2.40. The van der Waals surface area contributed by atoms with Gasteiger partial charge in [0.1, 0.15) is 0 Å². The molecule has 0 fully saturated rings. The minimum absolute atomic E-state index is 0.226. The molecule has 0 aromatic heterocycles. The number of carboxylic acid groups (broad SMARTS) is 1. The maximum Gasteiger partial charge on any atom is 0.303 e. The van der Waals surface area contributed by atoms with Crippen molar-refractivity contribution in [1.82, 2.24) is 0 Å². The lowest BCUT2D eigenvalue weighted by molar-refractivity contribution is -0.137. The highest BCUT2D eigenvalue weighted by Gasteiger charge is 2.12. The molecule has 0 aliphatic rings. The fraction of sp³-hybridized carbons (Fsp3) is 0.833. The van der Waals surface area contributed by atoms with Crippen molar-refractivity contribution in [2.75, 3.05) is 0 Å². The van der Waals surface area contributed by atoms with Crippen LogP contribution in [-0.4, -0.2) is 44.7 Å². The van der Waals surface area contributed by atoms with Crippen LogP contribution in [0.3, 0.4) is 0 Å². The molecule has 4 N–H and O–H groups in total. The Morgan fingerprint density at radius 2 is 1.48 bits per heavy atom. The zero-order valence-corrected chi connectivity index (χ0v) is 14.4. The summed E-state index contributed by atoms with van der Waals surface area (Å²) in [6, 6.07) is 0. The fourth-order valence-corrected chi connectivity index (χ4v) is 2.40. The molecule has 5 nitrogen and oxygen atoms in total. The Morgan fingerprint density at radius 3 is 2.13 bits per heavy atom. The van der Waals surface area contributed by atoms with Gasteiger partial charge in [-0.15, -0.1) is 0 Å². The molecular weight excluding hydrogens is 296 g/mol. The molecule has 0 saturated carbocycles. The van der Waals surface area contributed by atoms with Gasteiger partial charge in [-0.25, -0.2) is 0 Å². The first-order chi connectivity index (χ1) is 11.0. The number of aliphatic hydroxyl groups excluding tert-OH is 3. The first kappa shape index (κ1) is 22.1. The molecule has 5 heteroatoms. The van der Waals surface area contributed by atoms with Crippen LogP contribution in [0.2, 0.25) is 0 Å². The van der Waals surface area contributed by atoms with Crippen molar-refractivity contribution < 1.29 is 25.2 Å². The number of carboxylic acids is 1. The van der Waals surface area contributed by atoms with E-state index >= 15 is 0 Å². The molecule has 3 atom stereocenters. The third kappa shape index (κ3) is 14.4. The summed E-state index contributed by atoms with van der Waals surface area (Å²) in [7, 11) is 0. The molecule has 0 radical (unpaired) electrons. The highest BCUT2D eigenvalue weighted by molar-refractivity contribution is 5.66. The lowest BCUT2D eigenvalue weighted by Crippen LogP contribution is -2.24. The van der Waals surface area contributed by atoms with Crippen LogP contribution >= 0.6 is 0 Å². The second-order valence-corrected chi connectivity index (χ2v) is 6.21. The smallest absolute Gasteiger partial charge is 0.303 e. The molecule has 0 heterocycles. The second kappa shape index (κ2) is 14.7. The minimum Gasteiger partial charge on any atom is -0.481 e. The Labute approximate surface area is 140 Å². The van der Waals surface area contributed by atoms with E-state index in [1.165, 1.54) is 6.08 Å². The normalized spacial score (nSPS) is 15.7. The highest BCUT2D eigenvalue weighted by Crippen LogP contribution is 2.11. The van der Waals surface area contributed by atoms with E-state index in [0.29, 0.717) is 19.3 Å². The largest absolute Gasteiger partial charge is 0.481 e. The summed E-state index contributed by atoms with van der Waals surface area (Å²) in [4.78, 5) is 10.3. The van der Waals surface area contributed by atoms with Crippen LogP contribution in [0, 0.1) is 0 Å². The maximum atomic E-state index is 10.3. The Kier molecular flexibility index (Phi) is 14.1. The summed E-state index contributed by atoms with van der Waals surface area (Å²) >= 11 is 0. The van der Waals surface area contributed by atoms with Crippen molar-refractivity contribution in [1.29, 1.82) is 0 Å². The average Bonchev–Trinajstić information content (AvgIpc) is 2.51. The molecule has 0 aromatic carbocycles. The van der Waals surface area contributed by atoms with Gasteiger partial charge in [-0.05, 0) is 19.3 Å². The van der Waals surface area contributed by atoms with Crippen molar-refractivity contribution in [3.8, 4) is 0 Å². The Morgan fingerprint density at radius 1 is 0.870 bits per heavy atom. The molecule has 0 aromatic rings. The van der Waals surface area contributed by atoms with E-state index in [2.05, 4.69) is 6.92 Å². The van der Waals surface area contributed by atoms with Gasteiger partial charge in [0.25, 0.3) is 0 Å². The molecule has 0 unspecified atom stereocenters. The summed E-state index contributed by atoms with van der Waals surface area (Å²) in [5.41, 5.74) is 0. The van der Waals surface area contributed by atoms with Crippen LogP contribution in [0.1, 0.15) is 77.6 Å². The van der Waals surface area contributed by atoms with Gasteiger partial charge in [0.05, 0.1) is 18.3 Å². The quantitative estimate of drug-likeness (QED) is 0.273. The highest BCUT2D eigenvalue weighted by atomic mass is 16.4. The van der Waals surface area contributed by atoms with Crippen molar-refractivity contribution >= 4 is 5.97 Å². The molecule has 0 aliphatic heterocycles. The van der Waals surface area contributed by atoms with E-state index in [0.717, 1.165) is 44.9 Å². The second-order valence-electron chi connectivity index (χ2n) is 6.21. The van der Waals surface area contributed by atoms with E-state index in [9.17, 15) is 20.1 Å². The van der Waals surface area contributed by atoms with Crippen molar-refractivity contribution in [3.63, 3.8) is 0 Å². The van der Waals surface area contributed by atoms with Crippen LogP contribution < -0.4 is 0 Å². The third-order valence-corrected chi connectivity index (χ3v) is 3.92. The number of hydrogen-bond acceptors (Lipinski definition) is 4. The van der Waals surface area contributed by atoms with Crippen LogP contribution in [0.25, 0.3) is 0 Å². The Balaban J connectivity index is 3.66. The van der Waals surface area contributed by atoms with Crippen LogP contribution in [0.15, 0.2) is 12.2 Å². The van der Waals surface area contributed by atoms with Gasteiger partial charge in [-0.3, -0.25) is 4.79 Å². The van der Waals surface area contributed by atoms with Gasteiger partial charge in [0.15, 0.2) is 0 Å². The van der Waals surface area contributed by atoms with Crippen molar-refractivity contribution in [3.05, 3.63) is 12.2 Å². The van der Waals surface area contributed by atoms with Gasteiger partial charge >= 0.3 is 5.97 Å². The van der Waals surface area contributed by atoms with Crippen molar-refractivity contribution in [2.45, 2.75) is 95.9 Å². The van der Waals surface area contributed by atoms with Gasteiger partial charge in [0.2, 0.25) is 0 Å². The van der Waals surface area contributed by atoms with Crippen molar-refractivity contribution in [2.24, 2.45) is 0 Å². The molecule has 0 rings (SSSR count). The summed E-state index contributed by atoms with van der Waals surface area (Å²) in [6.45, 7) is 2.09. The summed E-state index contributed by atoms with van der Waals surface area (Å²) in [6.07, 6.45) is 9.60. The van der Waals surface area contributed by atoms with Crippen LogP contribution in [-0.2, 0) is 4.79 Å². The van der Waals surface area contributed by atoms with E-state index in [1.807, 2.05) is 0 Å². The molecule has 136 valence electrons. The van der Waals surface area contributed by atoms with Gasteiger partial charge in [-0.2, -0.15) is 0 Å². The SMILES string of the molecule is CCCCC[C@@H](O)[C@H](O)/C=C/[C@@H](O)CCCCCCCC(=O)O. The average molecular weight is 330 g/mol. The monoisotopic (exact) mass is 330 g/mol. The zero-order chi connectivity index (χ0) is 17.5. The third-order valence-electron chi connectivity index (χ3n) is 3.92. The standard InChI is InChI=1S/C18H34O5/c1-2-3-7-11-16(20)17(21)14-13-15(19)10-8-5-4-6-9-12-18(22)23/h13-17,19-21H,2-12H2,1H3,(H,22,23)/b14-13+/t15-,16+,17+/m0/s1. The first-order valence-electron chi connectivity index (χ1n) is 8.91. The number of hydrogen-bond donors (Lipinski definition) is 4. The lowest BCUT2D eigenvalue weighted by atomic mass is 10.0. The van der Waals surface area contributed by atoms with Gasteiger partial charge in [0, 0.05) is 6.42 Å². The molecule has 0 aliphatic carbocycles. The molecule has 0 spiro atoms. The molecule has 23 heavy (non-hydrogen) atoms. The van der Waals surface area contributed by atoms with Crippen LogP contribution in [0.4, 0.5) is 0 Å². The van der Waals surface area contributed by atoms with Gasteiger partial charge in [-0.1, -0.05) is 64.0 Å². The molecular formula is C18H34O5. The van der Waals surface area contributed by atoms with Crippen LogP contribution in [0.5, 0.6) is 0 Å². The van der Waals surface area contributed by atoms with E-state index in [4.69, 9.17) is 5.11 Å². The number of aliphatic hydroxyl groups is 3. The Hall–Kier alpha value is -0.910. The molecule has 0 saturated heterocycles. The Bertz CT molecular complexity index is 317. The van der Waals surface area contributed by atoms with E-state index in [-0.39, 0.29) is 6.42 Å². The predicted molar refractivity (Wildman–Crippen MR) is 91.3 cm³/mol. The number of rotatable bonds is 15. The lowest BCUT2D eigenvalue weighted by Gasteiger charge is -2.14. The topological polar surface area (TPSA) is 98.0 Å². The maximum absolute atomic E-state index is 10.3. The summed E-state index contributed by atoms with van der Waals surface area (Å²) < 4.78 is 0. The predicted octanol–water partition coefficient (Wildman–Crippen LogP) is 3.02. The molecule has 0 amide bonds. The number of carbonyl (C=O) groups is 1. The minimum atomic E-state index is -0.919. The summed E-state index contributed by atoms with van der Waals surface area (Å²) in [5, 5.41) is 37.9. The van der Waals surface area contributed by atoms with E-state index in [1.54, 1.807) is 6.08 Å². The first-order valence-corrected chi connectivity index (χ1v) is 8.91. The zero-order valence-electron chi connectivity index (χ0n) is 14.4. The van der Waals surface area contributed by atoms with Gasteiger partial charge < -0.3 is 20.4 Å². The summed E-state index contributed by atoms with van der Waals surface area (Å²) in [5.74, 6) is -0.749.